The third-order valence-corrected chi connectivity index (χ3v) is 3.53. The molecule has 0 fully saturated rings. The first kappa shape index (κ1) is 14.2. The summed E-state index contributed by atoms with van der Waals surface area (Å²) in [5.41, 5.74) is 5.11. The predicted molar refractivity (Wildman–Crippen MR) is 79.8 cm³/mol. The fraction of sp³-hybridized carbons (Fsp3) is 0.312. The second kappa shape index (κ2) is 5.82. The molecule has 0 amide bonds. The van der Waals surface area contributed by atoms with Gasteiger partial charge in [-0.15, -0.1) is 0 Å². The van der Waals surface area contributed by atoms with Gasteiger partial charge in [-0.25, -0.2) is 4.98 Å². The molecule has 20 heavy (non-hydrogen) atoms. The van der Waals surface area contributed by atoms with Crippen molar-refractivity contribution in [3.8, 4) is 11.3 Å². The molecular weight excluding hydrogens is 252 g/mol. The van der Waals surface area contributed by atoms with Crippen LogP contribution >= 0.6 is 0 Å². The molecule has 0 bridgehead atoms. The Kier molecular flexibility index (Phi) is 4.13. The van der Waals surface area contributed by atoms with E-state index in [2.05, 4.69) is 37.0 Å². The van der Waals surface area contributed by atoms with Crippen LogP contribution in [-0.2, 0) is 12.8 Å². The van der Waals surface area contributed by atoms with E-state index in [-0.39, 0.29) is 5.69 Å². The number of nitrogens with zero attached hydrogens (tertiary/aromatic N) is 2. The Morgan fingerprint density at radius 3 is 2.25 bits per heavy atom. The van der Waals surface area contributed by atoms with E-state index in [1.165, 1.54) is 17.3 Å². The summed E-state index contributed by atoms with van der Waals surface area (Å²) < 4.78 is 0. The molecule has 0 unspecified atom stereocenters. The molecule has 4 nitrogen and oxygen atoms in total. The van der Waals surface area contributed by atoms with Gasteiger partial charge in [-0.2, -0.15) is 0 Å². The fourth-order valence-electron chi connectivity index (χ4n) is 2.45. The van der Waals surface area contributed by atoms with Gasteiger partial charge in [0.1, 0.15) is 6.20 Å². The number of aromatic nitrogens is 1. The van der Waals surface area contributed by atoms with E-state index in [9.17, 15) is 10.1 Å². The van der Waals surface area contributed by atoms with Gasteiger partial charge in [0.25, 0.3) is 5.69 Å². The van der Waals surface area contributed by atoms with Crippen LogP contribution in [-0.4, -0.2) is 9.91 Å². The average Bonchev–Trinajstić information content (AvgIpc) is 2.45. The Labute approximate surface area is 118 Å². The summed E-state index contributed by atoms with van der Waals surface area (Å²) in [4.78, 5) is 14.8. The summed E-state index contributed by atoms with van der Waals surface area (Å²) in [6.45, 7) is 5.97. The largest absolute Gasteiger partial charge is 0.290 e. The summed E-state index contributed by atoms with van der Waals surface area (Å²) in [5, 5.41) is 10.9. The first-order chi connectivity index (χ1) is 9.58. The number of hydrogen-bond donors (Lipinski definition) is 0. The van der Waals surface area contributed by atoms with E-state index in [0.29, 0.717) is 5.56 Å². The molecule has 0 N–H and O–H groups in total. The van der Waals surface area contributed by atoms with Crippen molar-refractivity contribution in [2.24, 2.45) is 0 Å². The molecule has 2 aromatic rings. The van der Waals surface area contributed by atoms with Crippen LogP contribution in [0.5, 0.6) is 0 Å². The molecule has 1 aromatic carbocycles. The smallest absolute Gasteiger partial charge is 0.258 e. The lowest BCUT2D eigenvalue weighted by atomic mass is 9.94. The normalized spacial score (nSPS) is 10.6. The molecule has 4 heteroatoms. The van der Waals surface area contributed by atoms with Gasteiger partial charge in [0, 0.05) is 11.1 Å². The molecule has 104 valence electrons. The Hall–Kier alpha value is -2.23. The molecule has 0 spiro atoms. The van der Waals surface area contributed by atoms with Gasteiger partial charge < -0.3 is 0 Å². The van der Waals surface area contributed by atoms with Crippen LogP contribution in [0.25, 0.3) is 11.3 Å². The summed E-state index contributed by atoms with van der Waals surface area (Å²) in [6.07, 6.45) is 3.19. The Bertz CT molecular complexity index is 629. The molecular formula is C16H18N2O2. The highest BCUT2D eigenvalue weighted by atomic mass is 16.6. The van der Waals surface area contributed by atoms with Crippen molar-refractivity contribution in [1.29, 1.82) is 0 Å². The number of aryl methyl sites for hydroxylation is 3. The number of pyridine rings is 1. The van der Waals surface area contributed by atoms with Crippen molar-refractivity contribution in [3.05, 3.63) is 57.3 Å². The van der Waals surface area contributed by atoms with Crippen LogP contribution in [0.1, 0.15) is 30.5 Å². The van der Waals surface area contributed by atoms with Crippen LogP contribution in [0, 0.1) is 17.0 Å². The highest BCUT2D eigenvalue weighted by molar-refractivity contribution is 5.69. The molecule has 1 aromatic heterocycles. The second-order valence-electron chi connectivity index (χ2n) is 4.77. The maximum Gasteiger partial charge on any atom is 0.290 e. The maximum absolute atomic E-state index is 10.9. The molecule has 0 aliphatic rings. The molecule has 0 aliphatic carbocycles. The van der Waals surface area contributed by atoms with Gasteiger partial charge in [0.2, 0.25) is 0 Å². The van der Waals surface area contributed by atoms with Crippen molar-refractivity contribution in [2.75, 3.05) is 0 Å². The summed E-state index contributed by atoms with van der Waals surface area (Å²) in [5.74, 6) is 0. The van der Waals surface area contributed by atoms with Crippen LogP contribution in [0.4, 0.5) is 5.69 Å². The fourth-order valence-corrected chi connectivity index (χ4v) is 2.45. The van der Waals surface area contributed by atoms with E-state index in [0.717, 1.165) is 24.1 Å². The van der Waals surface area contributed by atoms with Crippen molar-refractivity contribution in [2.45, 2.75) is 33.6 Å². The maximum atomic E-state index is 10.9. The van der Waals surface area contributed by atoms with E-state index in [4.69, 9.17) is 0 Å². The minimum atomic E-state index is -0.390. The van der Waals surface area contributed by atoms with Crippen LogP contribution in [0.3, 0.4) is 0 Å². The van der Waals surface area contributed by atoms with Crippen LogP contribution in [0.15, 0.2) is 30.5 Å². The van der Waals surface area contributed by atoms with Crippen molar-refractivity contribution < 1.29 is 4.92 Å². The topological polar surface area (TPSA) is 56.0 Å². The van der Waals surface area contributed by atoms with Gasteiger partial charge in [0.05, 0.1) is 10.6 Å². The first-order valence-electron chi connectivity index (χ1n) is 6.80. The van der Waals surface area contributed by atoms with Gasteiger partial charge in [-0.3, -0.25) is 10.1 Å². The standard InChI is InChI=1S/C16H18N2O2/c1-4-12-7-6-8-13(5-2)16(12)14-9-11(3)15(10-17-14)18(19)20/h6-10H,4-5H2,1-3H3. The first-order valence-corrected chi connectivity index (χ1v) is 6.80. The number of nitro groups is 1. The average molecular weight is 270 g/mol. The Morgan fingerprint density at radius 1 is 1.20 bits per heavy atom. The lowest BCUT2D eigenvalue weighted by Gasteiger charge is -2.13. The zero-order valence-electron chi connectivity index (χ0n) is 12.0. The molecule has 2 rings (SSSR count). The molecule has 0 radical (unpaired) electrons. The summed E-state index contributed by atoms with van der Waals surface area (Å²) in [6, 6.07) is 8.05. The van der Waals surface area contributed by atoms with Crippen molar-refractivity contribution >= 4 is 5.69 Å². The van der Waals surface area contributed by atoms with Crippen molar-refractivity contribution in [1.82, 2.24) is 4.98 Å². The highest BCUT2D eigenvalue weighted by Gasteiger charge is 2.15. The van der Waals surface area contributed by atoms with Crippen molar-refractivity contribution in [3.63, 3.8) is 0 Å². The molecule has 0 aliphatic heterocycles. The summed E-state index contributed by atoms with van der Waals surface area (Å²) in [7, 11) is 0. The zero-order chi connectivity index (χ0) is 14.7. The van der Waals surface area contributed by atoms with Crippen LogP contribution in [0.2, 0.25) is 0 Å². The number of rotatable bonds is 4. The SMILES string of the molecule is CCc1cccc(CC)c1-c1cc(C)c([N+](=O)[O-])cn1. The second-order valence-corrected chi connectivity index (χ2v) is 4.77. The minimum Gasteiger partial charge on any atom is -0.258 e. The number of hydrogen-bond acceptors (Lipinski definition) is 3. The molecule has 0 saturated heterocycles. The Morgan fingerprint density at radius 2 is 1.80 bits per heavy atom. The molecule has 1 heterocycles. The zero-order valence-corrected chi connectivity index (χ0v) is 12.0. The van der Waals surface area contributed by atoms with E-state index in [1.54, 1.807) is 6.92 Å². The van der Waals surface area contributed by atoms with Gasteiger partial charge in [0.15, 0.2) is 0 Å². The minimum absolute atomic E-state index is 0.0702. The third kappa shape index (κ3) is 2.54. The molecule has 0 saturated carbocycles. The van der Waals surface area contributed by atoms with Gasteiger partial charge in [-0.05, 0) is 37.0 Å². The monoisotopic (exact) mass is 270 g/mol. The van der Waals surface area contributed by atoms with E-state index in [1.807, 2.05) is 6.07 Å². The lowest BCUT2D eigenvalue weighted by Crippen LogP contribution is -1.99. The highest BCUT2D eigenvalue weighted by Crippen LogP contribution is 2.30. The van der Waals surface area contributed by atoms with Gasteiger partial charge >= 0.3 is 0 Å². The van der Waals surface area contributed by atoms with E-state index >= 15 is 0 Å². The lowest BCUT2D eigenvalue weighted by molar-refractivity contribution is -0.385. The quantitative estimate of drug-likeness (QED) is 0.621. The Balaban J connectivity index is 2.62. The number of benzene rings is 1. The molecule has 0 atom stereocenters. The third-order valence-electron chi connectivity index (χ3n) is 3.53. The van der Waals surface area contributed by atoms with Crippen LogP contribution < -0.4 is 0 Å². The van der Waals surface area contributed by atoms with Gasteiger partial charge in [-0.1, -0.05) is 32.0 Å². The summed E-state index contributed by atoms with van der Waals surface area (Å²) >= 11 is 0. The predicted octanol–water partition coefficient (Wildman–Crippen LogP) is 4.09. The van der Waals surface area contributed by atoms with E-state index < -0.39 is 4.92 Å².